The van der Waals surface area contributed by atoms with Crippen LogP contribution in [-0.4, -0.2) is 122 Å². The molecule has 0 aromatic rings. The summed E-state index contributed by atoms with van der Waals surface area (Å²) in [5, 5.41) is 0. The van der Waals surface area contributed by atoms with Gasteiger partial charge in [0, 0.05) is 35.1 Å². The summed E-state index contributed by atoms with van der Waals surface area (Å²) in [5.41, 5.74) is -1.12. The molecule has 8 aliphatic carbocycles. The largest absolute Gasteiger partial charge is 0.510 e. The zero-order valence-electron chi connectivity index (χ0n) is 43.5. The molecular formula is C53H72O20. The first-order chi connectivity index (χ1) is 33.9. The Balaban J connectivity index is 0.000000274. The quantitative estimate of drug-likeness (QED) is 0.0418. The van der Waals surface area contributed by atoms with Gasteiger partial charge in [0.2, 0.25) is 0 Å². The van der Waals surface area contributed by atoms with Gasteiger partial charge < -0.3 is 42.6 Å². The van der Waals surface area contributed by atoms with Crippen LogP contribution in [-0.2, 0) is 90.6 Å². The highest BCUT2D eigenvalue weighted by Gasteiger charge is 2.64. The lowest BCUT2D eigenvalue weighted by Crippen LogP contribution is -2.61. The number of hydrogen-bond acceptors (Lipinski definition) is 20. The van der Waals surface area contributed by atoms with Gasteiger partial charge in [0.15, 0.2) is 36.5 Å². The fourth-order valence-electron chi connectivity index (χ4n) is 11.0. The maximum Gasteiger partial charge on any atom is 0.510 e. The predicted molar refractivity (Wildman–Crippen MR) is 256 cm³/mol. The predicted octanol–water partition coefficient (Wildman–Crippen LogP) is 6.42. The molecule has 404 valence electrons. The summed E-state index contributed by atoms with van der Waals surface area (Å²) >= 11 is 0. The molecule has 8 aliphatic rings. The molecule has 0 aromatic carbocycles. The zero-order chi connectivity index (χ0) is 55.1. The summed E-state index contributed by atoms with van der Waals surface area (Å²) < 4.78 is 45.8. The zero-order valence-corrected chi connectivity index (χ0v) is 43.5. The Labute approximate surface area is 426 Å². The van der Waals surface area contributed by atoms with Crippen molar-refractivity contribution in [2.24, 2.45) is 29.1 Å². The van der Waals surface area contributed by atoms with Gasteiger partial charge in [-0.3, -0.25) is 24.0 Å². The first-order valence-corrected chi connectivity index (χ1v) is 24.1. The topological polar surface area (TPSA) is 271 Å². The molecule has 0 spiro atoms. The van der Waals surface area contributed by atoms with Crippen LogP contribution in [0, 0.1) is 29.1 Å². The van der Waals surface area contributed by atoms with Gasteiger partial charge in [0.05, 0.1) is 5.41 Å². The van der Waals surface area contributed by atoms with E-state index in [-0.39, 0.29) is 79.8 Å². The van der Waals surface area contributed by atoms with Crippen molar-refractivity contribution >= 4 is 65.1 Å². The van der Waals surface area contributed by atoms with E-state index in [1.807, 2.05) is 0 Å². The van der Waals surface area contributed by atoms with Crippen LogP contribution in [0.15, 0.2) is 48.6 Å². The molecule has 0 aromatic heterocycles. The standard InChI is InChI=1S/C19H26O7.C18H24O5.C9H12O5.C7H10O3/c1-12(2)16(21)25-18-5-14-4-15(6-18)8-19(7-14,10-18)26-17(22)24-11-23-9-13(3)20;1-11(2)15(20)23-18-7-13-4-14(8-18)6-17(5-13,10-18)16(21)22-9-12(3)19;1-6(2)9(12)14-5-8(11)13-4-7(3)10;1-5(2)7(9)10-4-6(3)8/h14-15H,1,4-11H2,2-3H3;13-14H,1,4-10H2,2-3H3;1,4-5H2,2-3H3;1,4H2,2-3H3. The Kier molecular flexibility index (Phi) is 22.2. The van der Waals surface area contributed by atoms with Gasteiger partial charge >= 0.3 is 42.0 Å². The minimum atomic E-state index is -0.808. The number of carbonyl (C=O) groups excluding carboxylic acids is 11. The third kappa shape index (κ3) is 19.2. The van der Waals surface area contributed by atoms with Gasteiger partial charge in [0.1, 0.15) is 43.2 Å². The molecule has 0 N–H and O–H groups in total. The van der Waals surface area contributed by atoms with Crippen LogP contribution in [0.5, 0.6) is 0 Å². The molecule has 8 fully saturated rings. The number of esters is 6. The highest BCUT2D eigenvalue weighted by molar-refractivity contribution is 5.90. The minimum Gasteiger partial charge on any atom is -0.457 e. The van der Waals surface area contributed by atoms with E-state index >= 15 is 0 Å². The van der Waals surface area contributed by atoms with Gasteiger partial charge in [-0.25, -0.2) is 28.8 Å². The second-order valence-corrected chi connectivity index (χ2v) is 20.8. The molecule has 8 saturated carbocycles. The van der Waals surface area contributed by atoms with Gasteiger partial charge in [-0.1, -0.05) is 26.3 Å². The smallest absolute Gasteiger partial charge is 0.457 e. The van der Waals surface area contributed by atoms with E-state index in [2.05, 4.69) is 40.5 Å². The molecule has 4 unspecified atom stereocenters. The number of ketones is 4. The number of ether oxygens (including phenoxy) is 9. The third-order valence-corrected chi connectivity index (χ3v) is 12.8. The SMILES string of the molecule is C=C(C)C(=O)OC12CC3CC(C1)CC(C(=O)OCC(C)=O)(C3)C2.C=C(C)C(=O)OC12CC3CC(CC(OC(=O)OCOCC(C)=O)(C3)C1)C2.C=C(C)C(=O)OCC(=O)OCC(C)=O.C=C(C)C(=O)OCC(C)=O. The van der Waals surface area contributed by atoms with E-state index in [0.29, 0.717) is 53.2 Å². The molecule has 4 atom stereocenters. The van der Waals surface area contributed by atoms with Crippen molar-refractivity contribution in [1.29, 1.82) is 0 Å². The normalized spacial score (nSPS) is 26.8. The van der Waals surface area contributed by atoms with E-state index in [4.69, 9.17) is 28.4 Å². The molecule has 0 amide bonds. The first-order valence-electron chi connectivity index (χ1n) is 24.1. The Morgan fingerprint density at radius 2 is 0.753 bits per heavy atom. The number of hydrogen-bond donors (Lipinski definition) is 0. The molecule has 20 nitrogen and oxygen atoms in total. The summed E-state index contributed by atoms with van der Waals surface area (Å²) in [4.78, 5) is 124. The van der Waals surface area contributed by atoms with E-state index in [1.54, 1.807) is 13.8 Å². The summed E-state index contributed by atoms with van der Waals surface area (Å²) in [7, 11) is 0. The lowest BCUT2D eigenvalue weighted by atomic mass is 9.48. The van der Waals surface area contributed by atoms with Gasteiger partial charge in [-0.05, 0) is 143 Å². The van der Waals surface area contributed by atoms with Crippen molar-refractivity contribution in [2.45, 2.75) is 149 Å². The van der Waals surface area contributed by atoms with Crippen molar-refractivity contribution in [2.75, 3.05) is 39.8 Å². The van der Waals surface area contributed by atoms with Crippen molar-refractivity contribution in [1.82, 2.24) is 0 Å². The van der Waals surface area contributed by atoms with Crippen LogP contribution < -0.4 is 0 Å². The van der Waals surface area contributed by atoms with Crippen LogP contribution in [0.1, 0.15) is 132 Å². The average molecular weight is 1030 g/mol. The van der Waals surface area contributed by atoms with E-state index in [9.17, 15) is 52.7 Å². The molecule has 0 heterocycles. The maximum absolute atomic E-state index is 12.6. The minimum absolute atomic E-state index is 0.109. The van der Waals surface area contributed by atoms with Crippen molar-refractivity contribution in [3.63, 3.8) is 0 Å². The average Bonchev–Trinajstić information content (AvgIpc) is 3.26. The number of Topliss-reactive ketones (excluding diaryl/α,β-unsaturated/α-hetero) is 4. The summed E-state index contributed by atoms with van der Waals surface area (Å²) in [6.07, 6.45) is 8.73. The van der Waals surface area contributed by atoms with E-state index in [1.165, 1.54) is 41.5 Å². The Bertz CT molecular complexity index is 2190. The summed E-state index contributed by atoms with van der Waals surface area (Å²) in [5.74, 6) is -2.23. The van der Waals surface area contributed by atoms with E-state index in [0.717, 1.165) is 64.2 Å². The molecule has 8 rings (SSSR count). The highest BCUT2D eigenvalue weighted by atomic mass is 16.8. The monoisotopic (exact) mass is 1030 g/mol. The van der Waals surface area contributed by atoms with E-state index < -0.39 is 52.9 Å². The van der Waals surface area contributed by atoms with Crippen LogP contribution in [0.4, 0.5) is 4.79 Å². The Hall–Kier alpha value is -6.31. The lowest BCUT2D eigenvalue weighted by molar-refractivity contribution is -0.222. The summed E-state index contributed by atoms with van der Waals surface area (Å²) in [6, 6.07) is 0. The van der Waals surface area contributed by atoms with Crippen molar-refractivity contribution in [3.8, 4) is 0 Å². The van der Waals surface area contributed by atoms with Gasteiger partial charge in [0.25, 0.3) is 0 Å². The van der Waals surface area contributed by atoms with Crippen LogP contribution in [0.2, 0.25) is 0 Å². The maximum atomic E-state index is 12.6. The Morgan fingerprint density at radius 1 is 0.397 bits per heavy atom. The van der Waals surface area contributed by atoms with Crippen molar-refractivity contribution < 1.29 is 95.4 Å². The van der Waals surface area contributed by atoms with Crippen LogP contribution in [0.3, 0.4) is 0 Å². The molecular weight excluding hydrogens is 957 g/mol. The van der Waals surface area contributed by atoms with Gasteiger partial charge in [-0.15, -0.1) is 0 Å². The first kappa shape index (κ1) is 61.0. The number of rotatable bonds is 20. The van der Waals surface area contributed by atoms with Crippen molar-refractivity contribution in [3.05, 3.63) is 48.6 Å². The molecule has 0 saturated heterocycles. The highest BCUT2D eigenvalue weighted by Crippen LogP contribution is 2.63. The van der Waals surface area contributed by atoms with Gasteiger partial charge in [-0.2, -0.15) is 0 Å². The Morgan fingerprint density at radius 3 is 1.16 bits per heavy atom. The fraction of sp³-hybridized carbons (Fsp3) is 0.642. The molecule has 0 radical (unpaired) electrons. The lowest BCUT2D eigenvalue weighted by Gasteiger charge is -2.59. The molecule has 73 heavy (non-hydrogen) atoms. The molecule has 20 heteroatoms. The molecule has 8 bridgehead atoms. The number of carbonyl (C=O) groups is 11. The second kappa shape index (κ2) is 26.6. The van der Waals surface area contributed by atoms with Crippen LogP contribution in [0.25, 0.3) is 0 Å². The summed E-state index contributed by atoms with van der Waals surface area (Å²) in [6.45, 7) is 24.1. The second-order valence-electron chi connectivity index (χ2n) is 20.8. The molecule has 0 aliphatic heterocycles. The third-order valence-electron chi connectivity index (χ3n) is 12.8. The van der Waals surface area contributed by atoms with Crippen LogP contribution >= 0.6 is 0 Å². The fourth-order valence-corrected chi connectivity index (χ4v) is 11.0.